The molecule has 0 saturated carbocycles. The summed E-state index contributed by atoms with van der Waals surface area (Å²) in [5.74, 6) is -0.109. The van der Waals surface area contributed by atoms with E-state index < -0.39 is 0 Å². The van der Waals surface area contributed by atoms with Gasteiger partial charge in [0.2, 0.25) is 5.91 Å². The van der Waals surface area contributed by atoms with Gasteiger partial charge < -0.3 is 10.6 Å². The van der Waals surface area contributed by atoms with E-state index in [-0.39, 0.29) is 18.2 Å². The second-order valence-electron chi connectivity index (χ2n) is 4.54. The van der Waals surface area contributed by atoms with Crippen LogP contribution in [-0.2, 0) is 4.79 Å². The summed E-state index contributed by atoms with van der Waals surface area (Å²) in [4.78, 5) is 23.0. The largest absolute Gasteiger partial charge is 0.376 e. The standard InChI is InChI=1S/C16H15BrN2O2/c1-11(20)12-2-6-14(7-3-12)18-10-16(21)19-15-8-4-13(17)5-9-15/h2-9,18H,10H2,1H3,(H,19,21). The number of carbonyl (C=O) groups is 2. The molecular formula is C16H15BrN2O2. The van der Waals surface area contributed by atoms with E-state index in [4.69, 9.17) is 0 Å². The average Bonchev–Trinajstić information content (AvgIpc) is 2.48. The average molecular weight is 347 g/mol. The monoisotopic (exact) mass is 346 g/mol. The number of halogens is 1. The van der Waals surface area contributed by atoms with E-state index >= 15 is 0 Å². The van der Waals surface area contributed by atoms with Crippen molar-refractivity contribution in [1.29, 1.82) is 0 Å². The van der Waals surface area contributed by atoms with Gasteiger partial charge in [-0.05, 0) is 55.5 Å². The minimum absolute atomic E-state index is 0.0227. The third-order valence-electron chi connectivity index (χ3n) is 2.87. The third kappa shape index (κ3) is 4.72. The van der Waals surface area contributed by atoms with Crippen LogP contribution in [0.1, 0.15) is 17.3 Å². The van der Waals surface area contributed by atoms with E-state index in [2.05, 4.69) is 26.6 Å². The second-order valence-corrected chi connectivity index (χ2v) is 5.46. The Balaban J connectivity index is 1.86. The topological polar surface area (TPSA) is 58.2 Å². The van der Waals surface area contributed by atoms with Crippen molar-refractivity contribution in [3.8, 4) is 0 Å². The number of carbonyl (C=O) groups excluding carboxylic acids is 2. The van der Waals surface area contributed by atoms with Crippen molar-refractivity contribution in [3.63, 3.8) is 0 Å². The number of amides is 1. The van der Waals surface area contributed by atoms with Gasteiger partial charge in [0.05, 0.1) is 6.54 Å². The van der Waals surface area contributed by atoms with Gasteiger partial charge in [-0.2, -0.15) is 0 Å². The van der Waals surface area contributed by atoms with Crippen molar-refractivity contribution >= 4 is 39.0 Å². The van der Waals surface area contributed by atoms with E-state index in [1.807, 2.05) is 24.3 Å². The first kappa shape index (κ1) is 15.3. The molecule has 1 amide bonds. The van der Waals surface area contributed by atoms with Crippen LogP contribution in [0.25, 0.3) is 0 Å². The van der Waals surface area contributed by atoms with Gasteiger partial charge in [0.25, 0.3) is 0 Å². The normalized spacial score (nSPS) is 10.0. The van der Waals surface area contributed by atoms with Crippen LogP contribution in [0, 0.1) is 0 Å². The highest BCUT2D eigenvalue weighted by molar-refractivity contribution is 9.10. The molecule has 0 spiro atoms. The third-order valence-corrected chi connectivity index (χ3v) is 3.40. The fraction of sp³-hybridized carbons (Fsp3) is 0.125. The summed E-state index contributed by atoms with van der Waals surface area (Å²) in [6.07, 6.45) is 0. The van der Waals surface area contributed by atoms with Crippen LogP contribution in [0.5, 0.6) is 0 Å². The molecule has 0 aromatic heterocycles. The zero-order valence-electron chi connectivity index (χ0n) is 11.5. The van der Waals surface area contributed by atoms with E-state index in [1.54, 1.807) is 24.3 Å². The maximum atomic E-state index is 11.8. The van der Waals surface area contributed by atoms with E-state index in [0.717, 1.165) is 15.8 Å². The molecule has 0 aliphatic heterocycles. The molecule has 0 atom stereocenters. The Morgan fingerprint density at radius 3 is 2.10 bits per heavy atom. The molecular weight excluding hydrogens is 332 g/mol. The number of Topliss-reactive ketones (excluding diaryl/α,β-unsaturated/α-hetero) is 1. The van der Waals surface area contributed by atoms with Crippen molar-refractivity contribution in [2.45, 2.75) is 6.92 Å². The first-order chi connectivity index (χ1) is 10.0. The minimum atomic E-state index is -0.132. The lowest BCUT2D eigenvalue weighted by atomic mass is 10.1. The molecule has 2 N–H and O–H groups in total. The highest BCUT2D eigenvalue weighted by Gasteiger charge is 2.03. The predicted octanol–water partition coefficient (Wildman–Crippen LogP) is 3.70. The SMILES string of the molecule is CC(=O)c1ccc(NCC(=O)Nc2ccc(Br)cc2)cc1. The molecule has 2 aromatic carbocycles. The molecule has 21 heavy (non-hydrogen) atoms. The lowest BCUT2D eigenvalue weighted by Crippen LogP contribution is -2.21. The number of hydrogen-bond donors (Lipinski definition) is 2. The van der Waals surface area contributed by atoms with Crippen LogP contribution < -0.4 is 10.6 Å². The first-order valence-corrected chi connectivity index (χ1v) is 7.24. The van der Waals surface area contributed by atoms with Gasteiger partial charge in [0.15, 0.2) is 5.78 Å². The fourth-order valence-corrected chi connectivity index (χ4v) is 2.01. The van der Waals surface area contributed by atoms with Crippen molar-refractivity contribution in [2.75, 3.05) is 17.2 Å². The maximum absolute atomic E-state index is 11.8. The molecule has 0 unspecified atom stereocenters. The molecule has 5 heteroatoms. The minimum Gasteiger partial charge on any atom is -0.376 e. The Hall–Kier alpha value is -2.14. The van der Waals surface area contributed by atoms with Gasteiger partial charge in [-0.25, -0.2) is 0 Å². The summed E-state index contributed by atoms with van der Waals surface area (Å²) < 4.78 is 0.962. The predicted molar refractivity (Wildman–Crippen MR) is 87.7 cm³/mol. The molecule has 108 valence electrons. The molecule has 2 rings (SSSR count). The first-order valence-electron chi connectivity index (χ1n) is 6.45. The number of anilines is 2. The second kappa shape index (κ2) is 7.04. The summed E-state index contributed by atoms with van der Waals surface area (Å²) in [7, 11) is 0. The van der Waals surface area contributed by atoms with Crippen molar-refractivity contribution < 1.29 is 9.59 Å². The number of hydrogen-bond acceptors (Lipinski definition) is 3. The summed E-state index contributed by atoms with van der Waals surface area (Å²) in [6.45, 7) is 1.68. The van der Waals surface area contributed by atoms with Crippen LogP contribution in [-0.4, -0.2) is 18.2 Å². The molecule has 0 radical (unpaired) electrons. The van der Waals surface area contributed by atoms with E-state index in [1.165, 1.54) is 6.92 Å². The molecule has 0 heterocycles. The van der Waals surface area contributed by atoms with Gasteiger partial charge in [0, 0.05) is 21.4 Å². The number of rotatable bonds is 5. The van der Waals surface area contributed by atoms with Gasteiger partial charge in [-0.3, -0.25) is 9.59 Å². The zero-order chi connectivity index (χ0) is 15.2. The van der Waals surface area contributed by atoms with Gasteiger partial charge in [-0.15, -0.1) is 0 Å². The highest BCUT2D eigenvalue weighted by Crippen LogP contribution is 2.14. The molecule has 0 aliphatic carbocycles. The van der Waals surface area contributed by atoms with Crippen LogP contribution in [0.3, 0.4) is 0 Å². The van der Waals surface area contributed by atoms with E-state index in [9.17, 15) is 9.59 Å². The molecule has 0 bridgehead atoms. The van der Waals surface area contributed by atoms with Gasteiger partial charge >= 0.3 is 0 Å². The quantitative estimate of drug-likeness (QED) is 0.811. The summed E-state index contributed by atoms with van der Waals surface area (Å²) >= 11 is 3.34. The van der Waals surface area contributed by atoms with Crippen molar-refractivity contribution in [3.05, 3.63) is 58.6 Å². The molecule has 2 aromatic rings. The number of ketones is 1. The molecule has 4 nitrogen and oxygen atoms in total. The van der Waals surface area contributed by atoms with Crippen LogP contribution in [0.4, 0.5) is 11.4 Å². The Morgan fingerprint density at radius 1 is 0.952 bits per heavy atom. The zero-order valence-corrected chi connectivity index (χ0v) is 13.1. The van der Waals surface area contributed by atoms with Crippen LogP contribution in [0.2, 0.25) is 0 Å². The number of nitrogens with one attached hydrogen (secondary N) is 2. The Kier molecular flexibility index (Phi) is 5.11. The molecule has 0 aliphatic rings. The summed E-state index contributed by atoms with van der Waals surface area (Å²) in [5.41, 5.74) is 2.20. The van der Waals surface area contributed by atoms with Crippen LogP contribution >= 0.6 is 15.9 Å². The summed E-state index contributed by atoms with van der Waals surface area (Å²) in [6, 6.07) is 14.4. The van der Waals surface area contributed by atoms with Gasteiger partial charge in [0.1, 0.15) is 0 Å². The van der Waals surface area contributed by atoms with Crippen molar-refractivity contribution in [2.24, 2.45) is 0 Å². The van der Waals surface area contributed by atoms with Crippen LogP contribution in [0.15, 0.2) is 53.0 Å². The summed E-state index contributed by atoms with van der Waals surface area (Å²) in [5, 5.41) is 5.80. The fourth-order valence-electron chi connectivity index (χ4n) is 1.74. The van der Waals surface area contributed by atoms with E-state index in [0.29, 0.717) is 5.56 Å². The lowest BCUT2D eigenvalue weighted by Gasteiger charge is -2.08. The molecule has 0 saturated heterocycles. The molecule has 0 fully saturated rings. The number of benzene rings is 2. The van der Waals surface area contributed by atoms with Gasteiger partial charge in [-0.1, -0.05) is 15.9 Å². The Labute approximate surface area is 131 Å². The highest BCUT2D eigenvalue weighted by atomic mass is 79.9. The Morgan fingerprint density at radius 2 is 1.52 bits per heavy atom. The lowest BCUT2D eigenvalue weighted by molar-refractivity contribution is -0.114. The smallest absolute Gasteiger partial charge is 0.243 e. The van der Waals surface area contributed by atoms with Crippen molar-refractivity contribution in [1.82, 2.24) is 0 Å². The maximum Gasteiger partial charge on any atom is 0.243 e. The Bertz CT molecular complexity index is 636.